The average molecular weight is 871 g/mol. The Kier molecular flexibility index (Phi) is 10.7. The van der Waals surface area contributed by atoms with Gasteiger partial charge in [-0.1, -0.05) is 6.42 Å². The molecule has 0 radical (unpaired) electrons. The molecule has 18 heteroatoms. The van der Waals surface area contributed by atoms with E-state index >= 15 is 4.39 Å². The summed E-state index contributed by atoms with van der Waals surface area (Å²) in [6.07, 6.45) is 10.4. The number of aromatic hydroxyl groups is 1. The fourth-order valence-corrected chi connectivity index (χ4v) is 9.66. The maximum atomic E-state index is 15.3. The summed E-state index contributed by atoms with van der Waals surface area (Å²) in [7, 11) is 0. The first kappa shape index (κ1) is 41.1. The summed E-state index contributed by atoms with van der Waals surface area (Å²) in [5.41, 5.74) is 4.15. The number of nitrogens with one attached hydrogen (secondary N) is 3. The maximum absolute atomic E-state index is 15.3. The van der Waals surface area contributed by atoms with Crippen LogP contribution in [-0.4, -0.2) is 120 Å². The van der Waals surface area contributed by atoms with Gasteiger partial charge in [-0.2, -0.15) is 5.10 Å². The van der Waals surface area contributed by atoms with Crippen LogP contribution < -0.4 is 20.7 Å². The van der Waals surface area contributed by atoms with Crippen LogP contribution in [-0.2, 0) is 27.3 Å². The lowest BCUT2D eigenvalue weighted by atomic mass is 9.89. The summed E-state index contributed by atoms with van der Waals surface area (Å²) in [6, 6.07) is 11.2. The van der Waals surface area contributed by atoms with Gasteiger partial charge in [0.05, 0.1) is 11.1 Å². The second-order valence-electron chi connectivity index (χ2n) is 17.2. The molecule has 2 saturated heterocycles. The maximum Gasteiger partial charge on any atom is 0.262 e. The highest BCUT2D eigenvalue weighted by Gasteiger charge is 2.44. The van der Waals surface area contributed by atoms with E-state index in [1.165, 1.54) is 43.5 Å². The van der Waals surface area contributed by atoms with Crippen LogP contribution in [0.5, 0.6) is 11.6 Å². The predicted molar refractivity (Wildman–Crippen MR) is 232 cm³/mol. The Balaban J connectivity index is 0.000000202. The molecule has 5 aliphatic heterocycles. The molecular weight excluding hydrogens is 824 g/mol. The number of hydrogen-bond acceptors (Lipinski definition) is 13. The molecule has 5 aromatic rings. The molecule has 11 rings (SSSR count). The van der Waals surface area contributed by atoms with E-state index in [9.17, 15) is 29.1 Å². The van der Waals surface area contributed by atoms with Crippen molar-refractivity contribution in [2.24, 2.45) is 0 Å². The first-order valence-corrected chi connectivity index (χ1v) is 21.9. The lowest BCUT2D eigenvalue weighted by Gasteiger charge is -2.44. The molecule has 3 aromatic heterocycles. The predicted octanol–water partition coefficient (Wildman–Crippen LogP) is 4.68. The Bertz CT molecular complexity index is 2750. The van der Waals surface area contributed by atoms with Gasteiger partial charge in [0.1, 0.15) is 42.3 Å². The minimum Gasteiger partial charge on any atom is -0.508 e. The van der Waals surface area contributed by atoms with Crippen molar-refractivity contribution in [1.82, 2.24) is 39.8 Å². The molecule has 6 aliphatic rings. The number of imide groups is 2. The number of rotatable bonds is 6. The summed E-state index contributed by atoms with van der Waals surface area (Å²) in [4.78, 5) is 75.1. The lowest BCUT2D eigenvalue weighted by Crippen LogP contribution is -2.54. The monoisotopic (exact) mass is 870 g/mol. The summed E-state index contributed by atoms with van der Waals surface area (Å²) in [6.45, 7) is 6.36. The molecule has 2 aromatic carbocycles. The van der Waals surface area contributed by atoms with Crippen LogP contribution in [0, 0.1) is 12.7 Å². The van der Waals surface area contributed by atoms with Crippen LogP contribution in [0.2, 0.25) is 0 Å². The van der Waals surface area contributed by atoms with E-state index in [1.54, 1.807) is 12.4 Å². The summed E-state index contributed by atoms with van der Waals surface area (Å²) in [5.74, 6) is -0.804. The van der Waals surface area contributed by atoms with Gasteiger partial charge in [0.25, 0.3) is 11.8 Å². The van der Waals surface area contributed by atoms with E-state index in [0.29, 0.717) is 53.2 Å². The number of aromatic nitrogens is 4. The number of carbonyl (C=O) groups excluding carboxylic acids is 5. The highest BCUT2D eigenvalue weighted by atomic mass is 19.1. The van der Waals surface area contributed by atoms with Gasteiger partial charge in [-0.15, -0.1) is 0 Å². The van der Waals surface area contributed by atoms with Crippen LogP contribution in [0.25, 0.3) is 21.9 Å². The standard InChI is InChI=1S/C33H37FN8O2.C13H10N2O5/c1-20-27(18-37-33-32(20)35-8-12-44-33)26-13-21-15-29(36-17-22(21)14-28(26)34)38-30-16-25-7-11-41(31(43)19-42(25)39-30)24-5-9-40(10-6-24)23-3-2-4-23;16-6-1-2-7-8(5-6)13(20)15(12(7)19)9-3-4-10(17)14-11(9)18/h13-18,23-24,35H,2-12,19H2,1H3,(H,36,38,39);1-2,5,9,16H,3-4H2,(H,14,17,18). The second-order valence-corrected chi connectivity index (χ2v) is 17.2. The number of ether oxygens (including phenoxy) is 1. The van der Waals surface area contributed by atoms with Crippen molar-refractivity contribution in [2.75, 3.05) is 43.4 Å². The number of pyridine rings is 2. The van der Waals surface area contributed by atoms with Crippen molar-refractivity contribution in [3.63, 3.8) is 0 Å². The van der Waals surface area contributed by atoms with E-state index in [2.05, 4.69) is 35.7 Å². The molecule has 5 amide bonds. The molecular formula is C46H47FN10O7. The van der Waals surface area contributed by atoms with E-state index in [4.69, 9.17) is 9.84 Å². The molecule has 1 aliphatic carbocycles. The van der Waals surface area contributed by atoms with E-state index in [0.717, 1.165) is 72.2 Å². The summed E-state index contributed by atoms with van der Waals surface area (Å²) < 4.78 is 22.8. The normalized spacial score (nSPS) is 20.3. The quantitative estimate of drug-likeness (QED) is 0.172. The number of likely N-dealkylation sites (tertiary alicyclic amines) is 1. The van der Waals surface area contributed by atoms with Crippen LogP contribution in [0.3, 0.4) is 0 Å². The Morgan fingerprint density at radius 1 is 0.812 bits per heavy atom. The van der Waals surface area contributed by atoms with Gasteiger partial charge in [0.2, 0.25) is 23.6 Å². The number of fused-ring (bicyclic) bond motifs is 4. The zero-order valence-electron chi connectivity index (χ0n) is 35.2. The fraction of sp³-hybridized carbons (Fsp3) is 0.391. The van der Waals surface area contributed by atoms with E-state index < -0.39 is 29.7 Å². The van der Waals surface area contributed by atoms with Crippen molar-refractivity contribution >= 4 is 57.6 Å². The van der Waals surface area contributed by atoms with Gasteiger partial charge in [0, 0.05) is 91.8 Å². The minimum absolute atomic E-state index is 0.0692. The van der Waals surface area contributed by atoms with Gasteiger partial charge in [0.15, 0.2) is 5.82 Å². The molecule has 1 saturated carbocycles. The highest BCUT2D eigenvalue weighted by molar-refractivity contribution is 6.23. The van der Waals surface area contributed by atoms with Crippen molar-refractivity contribution in [3.8, 4) is 22.8 Å². The number of phenolic OH excluding ortho intramolecular Hbond substituents is 1. The van der Waals surface area contributed by atoms with Gasteiger partial charge < -0.3 is 30.3 Å². The number of amides is 5. The number of benzene rings is 2. The Morgan fingerprint density at radius 2 is 1.62 bits per heavy atom. The third-order valence-electron chi connectivity index (χ3n) is 13.3. The van der Waals surface area contributed by atoms with Crippen LogP contribution in [0.15, 0.2) is 54.9 Å². The van der Waals surface area contributed by atoms with Crippen LogP contribution in [0.1, 0.15) is 76.9 Å². The molecule has 8 heterocycles. The number of nitrogens with zero attached hydrogens (tertiary/aromatic N) is 7. The van der Waals surface area contributed by atoms with Crippen molar-refractivity contribution in [2.45, 2.75) is 83.0 Å². The van der Waals surface area contributed by atoms with Crippen molar-refractivity contribution < 1.29 is 38.2 Å². The second kappa shape index (κ2) is 16.6. The Hall–Kier alpha value is -6.95. The number of phenols is 1. The molecule has 1 unspecified atom stereocenters. The van der Waals surface area contributed by atoms with Gasteiger partial charge in [-0.3, -0.25) is 38.9 Å². The van der Waals surface area contributed by atoms with Crippen LogP contribution in [0.4, 0.5) is 21.7 Å². The third kappa shape index (κ3) is 7.64. The largest absolute Gasteiger partial charge is 0.508 e. The smallest absolute Gasteiger partial charge is 0.262 e. The number of halogens is 1. The summed E-state index contributed by atoms with van der Waals surface area (Å²) in [5, 5.41) is 24.4. The zero-order valence-corrected chi connectivity index (χ0v) is 35.2. The Labute approximate surface area is 367 Å². The average Bonchev–Trinajstić information content (AvgIpc) is 3.69. The first-order chi connectivity index (χ1) is 31.0. The van der Waals surface area contributed by atoms with E-state index in [1.807, 2.05) is 29.8 Å². The number of piperidine rings is 2. The topological polar surface area (TPSA) is 204 Å². The van der Waals surface area contributed by atoms with Gasteiger partial charge in [-0.05, 0) is 86.4 Å². The van der Waals surface area contributed by atoms with Crippen molar-refractivity contribution in [1.29, 1.82) is 0 Å². The van der Waals surface area contributed by atoms with Gasteiger partial charge in [-0.25, -0.2) is 14.4 Å². The van der Waals surface area contributed by atoms with E-state index in [-0.39, 0.29) is 48.0 Å². The summed E-state index contributed by atoms with van der Waals surface area (Å²) >= 11 is 0. The molecule has 4 N–H and O–H groups in total. The zero-order chi connectivity index (χ0) is 44.2. The SMILES string of the molecule is Cc1c(-c2cc3cc(Nc4cc5n(n4)CC(=O)N(C4CCN(C6CCC6)CC4)CC5)ncc3cc2F)cnc2c1NCCO2.O=C1CCC(N2C(=O)c3ccc(O)cc3C2=O)C(=O)N1. The lowest BCUT2D eigenvalue weighted by molar-refractivity contribution is -0.136. The molecule has 330 valence electrons. The molecule has 17 nitrogen and oxygen atoms in total. The number of anilines is 3. The molecule has 1 atom stereocenters. The fourth-order valence-electron chi connectivity index (χ4n) is 9.66. The molecule has 0 spiro atoms. The molecule has 3 fully saturated rings. The highest BCUT2D eigenvalue weighted by Crippen LogP contribution is 2.38. The number of carbonyl (C=O) groups is 5. The Morgan fingerprint density at radius 3 is 2.41 bits per heavy atom. The number of hydrogen-bond donors (Lipinski definition) is 4. The first-order valence-electron chi connectivity index (χ1n) is 21.9. The third-order valence-corrected chi connectivity index (χ3v) is 13.3. The van der Waals surface area contributed by atoms with Crippen molar-refractivity contribution in [3.05, 3.63) is 83.1 Å². The van der Waals surface area contributed by atoms with Crippen LogP contribution >= 0.6 is 0 Å². The minimum atomic E-state index is -0.984. The molecule has 64 heavy (non-hydrogen) atoms. The van der Waals surface area contributed by atoms with Gasteiger partial charge >= 0.3 is 0 Å². The molecule has 0 bridgehead atoms.